The predicted molar refractivity (Wildman–Crippen MR) is 119 cm³/mol. The zero-order chi connectivity index (χ0) is 20.5. The van der Waals surface area contributed by atoms with Crippen molar-refractivity contribution in [1.29, 1.82) is 0 Å². The first-order chi connectivity index (χ1) is 13.2. The number of phenolic OH excluding ortho intramolecular Hbond substituents is 1. The number of hydrogen-bond donors (Lipinski definition) is 2. The second-order valence-electron chi connectivity index (χ2n) is 9.08. The number of nitrogens with zero attached hydrogens (tertiary/aromatic N) is 1. The average molecular weight is 377 g/mol. The molecule has 0 aromatic heterocycles. The van der Waals surface area contributed by atoms with Crippen molar-refractivity contribution in [3.8, 4) is 5.75 Å². The lowest BCUT2D eigenvalue weighted by molar-refractivity contribution is 0.331. The largest absolute Gasteiger partial charge is 0.507 e. The van der Waals surface area contributed by atoms with Gasteiger partial charge in [-0.1, -0.05) is 59.4 Å². The Bertz CT molecular complexity index is 922. The second kappa shape index (κ2) is 7.46. The standard InChI is InChI=1S/C25H32N2O/c1-7-18-14-21-22(25(5,6)13-12-24(21,3)4)15-20(18)17(2)27-26-16-19-10-8-9-11-23(19)28/h8-11,14-16,27-28H,2,7,12-13H2,1,3-6H3/b26-16+. The van der Waals surface area contributed by atoms with Crippen LogP contribution in [0.5, 0.6) is 5.75 Å². The summed E-state index contributed by atoms with van der Waals surface area (Å²) in [4.78, 5) is 0. The number of para-hydroxylation sites is 1. The maximum atomic E-state index is 9.87. The van der Waals surface area contributed by atoms with Gasteiger partial charge in [0.15, 0.2) is 0 Å². The first-order valence-corrected chi connectivity index (χ1v) is 10.1. The summed E-state index contributed by atoms with van der Waals surface area (Å²) in [6.45, 7) is 15.8. The molecule has 0 saturated heterocycles. The summed E-state index contributed by atoms with van der Waals surface area (Å²) in [5.74, 6) is 0.214. The molecular weight excluding hydrogens is 344 g/mol. The van der Waals surface area contributed by atoms with E-state index in [1.807, 2.05) is 12.1 Å². The monoisotopic (exact) mass is 376 g/mol. The fourth-order valence-corrected chi connectivity index (χ4v) is 4.07. The number of aromatic hydroxyl groups is 1. The first kappa shape index (κ1) is 20.2. The van der Waals surface area contributed by atoms with Crippen LogP contribution in [0.15, 0.2) is 48.1 Å². The van der Waals surface area contributed by atoms with Gasteiger partial charge in [-0.05, 0) is 65.0 Å². The normalized spacial score (nSPS) is 17.3. The molecular formula is C25H32N2O. The van der Waals surface area contributed by atoms with Gasteiger partial charge in [-0.15, -0.1) is 0 Å². The number of nitrogens with one attached hydrogen (secondary N) is 1. The molecule has 28 heavy (non-hydrogen) atoms. The molecule has 0 amide bonds. The molecule has 0 unspecified atom stereocenters. The van der Waals surface area contributed by atoms with Crippen LogP contribution in [0.1, 0.15) is 75.3 Å². The molecule has 0 bridgehead atoms. The maximum Gasteiger partial charge on any atom is 0.124 e. The van der Waals surface area contributed by atoms with Crippen LogP contribution >= 0.6 is 0 Å². The number of hydrazone groups is 1. The van der Waals surface area contributed by atoms with E-state index in [4.69, 9.17) is 0 Å². The molecule has 0 atom stereocenters. The number of benzene rings is 2. The van der Waals surface area contributed by atoms with Gasteiger partial charge in [0.25, 0.3) is 0 Å². The molecule has 0 aliphatic heterocycles. The second-order valence-corrected chi connectivity index (χ2v) is 9.08. The molecule has 2 aromatic rings. The minimum atomic E-state index is 0.158. The highest BCUT2D eigenvalue weighted by Crippen LogP contribution is 2.47. The Balaban J connectivity index is 1.93. The summed E-state index contributed by atoms with van der Waals surface area (Å²) in [6.07, 6.45) is 4.96. The molecule has 1 aliphatic rings. The van der Waals surface area contributed by atoms with Crippen LogP contribution in [-0.2, 0) is 17.3 Å². The van der Waals surface area contributed by atoms with Crippen molar-refractivity contribution >= 4 is 11.9 Å². The molecule has 0 heterocycles. The highest BCUT2D eigenvalue weighted by molar-refractivity contribution is 5.83. The molecule has 148 valence electrons. The Morgan fingerprint density at radius 2 is 1.71 bits per heavy atom. The molecule has 3 heteroatoms. The van der Waals surface area contributed by atoms with E-state index in [2.05, 4.69) is 63.9 Å². The van der Waals surface area contributed by atoms with Gasteiger partial charge in [-0.3, -0.25) is 5.43 Å². The van der Waals surface area contributed by atoms with E-state index in [0.717, 1.165) is 17.7 Å². The zero-order valence-electron chi connectivity index (χ0n) is 17.8. The Hall–Kier alpha value is -2.55. The number of aryl methyl sites for hydroxylation is 1. The Morgan fingerprint density at radius 1 is 1.11 bits per heavy atom. The van der Waals surface area contributed by atoms with Crippen LogP contribution in [0.2, 0.25) is 0 Å². The summed E-state index contributed by atoms with van der Waals surface area (Å²) < 4.78 is 0. The molecule has 0 spiro atoms. The van der Waals surface area contributed by atoms with Crippen LogP contribution in [0.25, 0.3) is 5.70 Å². The summed E-state index contributed by atoms with van der Waals surface area (Å²) in [6, 6.07) is 11.8. The van der Waals surface area contributed by atoms with E-state index in [9.17, 15) is 5.11 Å². The van der Waals surface area contributed by atoms with Crippen LogP contribution in [0, 0.1) is 0 Å². The third-order valence-corrected chi connectivity index (χ3v) is 6.12. The summed E-state index contributed by atoms with van der Waals surface area (Å²) >= 11 is 0. The van der Waals surface area contributed by atoms with E-state index >= 15 is 0 Å². The fraction of sp³-hybridized carbons (Fsp3) is 0.400. The van der Waals surface area contributed by atoms with E-state index < -0.39 is 0 Å². The van der Waals surface area contributed by atoms with E-state index in [0.29, 0.717) is 5.56 Å². The van der Waals surface area contributed by atoms with E-state index in [-0.39, 0.29) is 16.6 Å². The Labute approximate surface area is 169 Å². The fourth-order valence-electron chi connectivity index (χ4n) is 4.07. The van der Waals surface area contributed by atoms with Crippen LogP contribution in [0.3, 0.4) is 0 Å². The van der Waals surface area contributed by atoms with Crippen LogP contribution < -0.4 is 5.43 Å². The number of phenols is 1. The van der Waals surface area contributed by atoms with E-state index in [1.54, 1.807) is 18.3 Å². The number of rotatable bonds is 5. The molecule has 3 rings (SSSR count). The highest BCUT2D eigenvalue weighted by Gasteiger charge is 2.37. The lowest BCUT2D eigenvalue weighted by Crippen LogP contribution is -2.34. The van der Waals surface area contributed by atoms with Crippen molar-refractivity contribution in [3.05, 3.63) is 70.8 Å². The van der Waals surface area contributed by atoms with E-state index in [1.165, 1.54) is 29.5 Å². The maximum absolute atomic E-state index is 9.87. The van der Waals surface area contributed by atoms with Gasteiger partial charge in [0.05, 0.1) is 11.9 Å². The van der Waals surface area contributed by atoms with Gasteiger partial charge in [0, 0.05) is 11.1 Å². The van der Waals surface area contributed by atoms with Gasteiger partial charge in [-0.2, -0.15) is 5.10 Å². The smallest absolute Gasteiger partial charge is 0.124 e. The lowest BCUT2D eigenvalue weighted by atomic mass is 9.62. The minimum Gasteiger partial charge on any atom is -0.507 e. The SMILES string of the molecule is C=C(N/N=C/c1ccccc1O)c1cc2c(cc1CC)C(C)(C)CCC2(C)C. The average Bonchev–Trinajstić information content (AvgIpc) is 2.66. The molecule has 0 fully saturated rings. The van der Waals surface area contributed by atoms with Crippen molar-refractivity contribution < 1.29 is 5.11 Å². The molecule has 2 aromatic carbocycles. The molecule has 0 saturated carbocycles. The van der Waals surface area contributed by atoms with Crippen molar-refractivity contribution in [2.45, 2.75) is 64.7 Å². The quantitative estimate of drug-likeness (QED) is 0.504. The third-order valence-electron chi connectivity index (χ3n) is 6.12. The number of fused-ring (bicyclic) bond motifs is 1. The van der Waals surface area contributed by atoms with Crippen LogP contribution in [-0.4, -0.2) is 11.3 Å². The number of hydrogen-bond acceptors (Lipinski definition) is 3. The molecule has 0 radical (unpaired) electrons. The molecule has 2 N–H and O–H groups in total. The summed E-state index contributed by atoms with van der Waals surface area (Å²) in [7, 11) is 0. The predicted octanol–water partition coefficient (Wildman–Crippen LogP) is 5.90. The van der Waals surface area contributed by atoms with Crippen molar-refractivity contribution in [1.82, 2.24) is 5.43 Å². The van der Waals surface area contributed by atoms with Gasteiger partial charge in [0.1, 0.15) is 5.75 Å². The van der Waals surface area contributed by atoms with Crippen molar-refractivity contribution in [2.75, 3.05) is 0 Å². The first-order valence-electron chi connectivity index (χ1n) is 10.1. The highest BCUT2D eigenvalue weighted by atomic mass is 16.3. The third kappa shape index (κ3) is 3.84. The molecule has 3 nitrogen and oxygen atoms in total. The zero-order valence-corrected chi connectivity index (χ0v) is 17.8. The Morgan fingerprint density at radius 3 is 2.32 bits per heavy atom. The topological polar surface area (TPSA) is 44.6 Å². The minimum absolute atomic E-state index is 0.158. The van der Waals surface area contributed by atoms with Gasteiger partial charge < -0.3 is 5.11 Å². The van der Waals surface area contributed by atoms with Crippen molar-refractivity contribution in [3.63, 3.8) is 0 Å². The lowest BCUT2D eigenvalue weighted by Gasteiger charge is -2.42. The Kier molecular flexibility index (Phi) is 5.38. The van der Waals surface area contributed by atoms with Crippen LogP contribution in [0.4, 0.5) is 0 Å². The summed E-state index contributed by atoms with van der Waals surface area (Å²) in [5, 5.41) is 14.2. The van der Waals surface area contributed by atoms with Crippen molar-refractivity contribution in [2.24, 2.45) is 5.10 Å². The summed E-state index contributed by atoms with van der Waals surface area (Å²) in [5.41, 5.74) is 10.2. The van der Waals surface area contributed by atoms with Gasteiger partial charge >= 0.3 is 0 Å². The molecule has 1 aliphatic carbocycles. The van der Waals surface area contributed by atoms with Gasteiger partial charge in [0.2, 0.25) is 0 Å². The van der Waals surface area contributed by atoms with Gasteiger partial charge in [-0.25, -0.2) is 0 Å².